The molecule has 0 aromatic heterocycles. The number of rotatable bonds is 13. The molecule has 1 aliphatic heterocycles. The first kappa shape index (κ1) is 43.6. The van der Waals surface area contributed by atoms with Crippen molar-refractivity contribution in [2.75, 3.05) is 13.2 Å². The van der Waals surface area contributed by atoms with Gasteiger partial charge < -0.3 is 27.5 Å². The Morgan fingerprint density at radius 2 is 1.09 bits per heavy atom. The van der Waals surface area contributed by atoms with E-state index in [0.717, 1.165) is 12.8 Å². The maximum atomic E-state index is 11.0. The lowest BCUT2D eigenvalue weighted by molar-refractivity contribution is -0.180. The molecule has 0 saturated carbocycles. The first-order valence-corrected chi connectivity index (χ1v) is 29.3. The largest absolute Gasteiger partial charge is 0.417 e. The van der Waals surface area contributed by atoms with Gasteiger partial charge in [-0.05, 0) is 78.9 Å². The van der Waals surface area contributed by atoms with Crippen LogP contribution in [-0.2, 0) is 22.4 Å². The third kappa shape index (κ3) is 11.3. The van der Waals surface area contributed by atoms with Crippen molar-refractivity contribution in [3.63, 3.8) is 0 Å². The Balaban J connectivity index is 3.65. The van der Waals surface area contributed by atoms with E-state index < -0.39 is 45.5 Å². The molecule has 0 aliphatic carbocycles. The van der Waals surface area contributed by atoms with Crippen LogP contribution < -0.4 is 0 Å². The zero-order valence-electron chi connectivity index (χ0n) is 33.8. The van der Waals surface area contributed by atoms with Gasteiger partial charge in [-0.25, -0.2) is 0 Å². The zero-order valence-corrected chi connectivity index (χ0v) is 37.8. The minimum atomic E-state index is -2.27. The van der Waals surface area contributed by atoms with Crippen LogP contribution in [0.1, 0.15) is 103 Å². The van der Waals surface area contributed by atoms with Crippen LogP contribution >= 0.6 is 0 Å². The molecule has 0 bridgehead atoms. The highest BCUT2D eigenvalue weighted by molar-refractivity contribution is 6.75. The molecule has 0 spiro atoms. The lowest BCUT2D eigenvalue weighted by Crippen LogP contribution is -2.60. The highest BCUT2D eigenvalue weighted by atomic mass is 28.4. The van der Waals surface area contributed by atoms with Crippen LogP contribution in [0.5, 0.6) is 0 Å². The second-order valence-corrected chi connectivity index (χ2v) is 39.1. The molecule has 0 unspecified atom stereocenters. The Morgan fingerprint density at radius 3 is 1.49 bits per heavy atom. The summed E-state index contributed by atoms with van der Waals surface area (Å²) in [6.45, 7) is 48.6. The summed E-state index contributed by atoms with van der Waals surface area (Å²) in [5.41, 5.74) is 0. The summed E-state index contributed by atoms with van der Waals surface area (Å²) >= 11 is 0. The monoisotopic (exact) mass is 706 g/mol. The van der Waals surface area contributed by atoms with E-state index in [0.29, 0.717) is 6.61 Å². The van der Waals surface area contributed by atoms with E-state index in [1.165, 1.54) is 0 Å². The Kier molecular flexibility index (Phi) is 14.4. The molecule has 1 fully saturated rings. The summed E-state index contributed by atoms with van der Waals surface area (Å²) in [6.07, 6.45) is 0.389. The Bertz CT molecular complexity index is 924. The van der Waals surface area contributed by atoms with E-state index in [1.807, 2.05) is 0 Å². The maximum absolute atomic E-state index is 11.0. The molecule has 270 valence electrons. The highest BCUT2D eigenvalue weighted by Gasteiger charge is 2.51. The summed E-state index contributed by atoms with van der Waals surface area (Å²) in [6, 6.07) is 0. The molecule has 10 heteroatoms. The molecule has 0 aromatic carbocycles. The second kappa shape index (κ2) is 14.9. The predicted octanol–water partition coefficient (Wildman–Crippen LogP) is 10.4. The first-order chi connectivity index (χ1) is 19.7. The number of hydrogen-bond donors (Lipinski definition) is 1. The van der Waals surface area contributed by atoms with E-state index in [9.17, 15) is 5.11 Å². The van der Waals surface area contributed by atoms with Gasteiger partial charge in [0.25, 0.3) is 0 Å². The van der Waals surface area contributed by atoms with E-state index >= 15 is 0 Å². The third-order valence-corrected chi connectivity index (χ3v) is 30.3. The standard InChI is InChI=1S/C35H78O6Si4/c1-26-27(22-23-37-42(14,15)32(2,3)4)38-29(24-28(26)39-43(16,17)33(5,6)7)31(41-45(20,21)35(11,12)13)30(25-36)40-44(18,19)34(8,9)10/h26-31,36H,22-25H2,1-21H3/t26-,27+,28-,29+,30-,31+/m0/s1. The molecule has 1 aliphatic rings. The minimum absolute atomic E-state index is 0.00147. The van der Waals surface area contributed by atoms with Gasteiger partial charge in [-0.1, -0.05) is 90.0 Å². The lowest BCUT2D eigenvalue weighted by atomic mass is 9.86. The summed E-state index contributed by atoms with van der Waals surface area (Å²) in [5.74, 6) is 0.209. The van der Waals surface area contributed by atoms with Crippen LogP contribution in [0.4, 0.5) is 0 Å². The van der Waals surface area contributed by atoms with E-state index in [4.69, 9.17) is 22.4 Å². The molecule has 45 heavy (non-hydrogen) atoms. The van der Waals surface area contributed by atoms with Crippen molar-refractivity contribution in [1.82, 2.24) is 0 Å². The molecule has 1 N–H and O–H groups in total. The maximum Gasteiger partial charge on any atom is 0.192 e. The Hall–Kier alpha value is 0.628. The van der Waals surface area contributed by atoms with Gasteiger partial charge in [0.05, 0.1) is 37.1 Å². The predicted molar refractivity (Wildman–Crippen MR) is 204 cm³/mol. The van der Waals surface area contributed by atoms with Crippen molar-refractivity contribution < 1.29 is 27.5 Å². The van der Waals surface area contributed by atoms with Gasteiger partial charge in [0.2, 0.25) is 0 Å². The smallest absolute Gasteiger partial charge is 0.192 e. The highest BCUT2D eigenvalue weighted by Crippen LogP contribution is 2.45. The fourth-order valence-electron chi connectivity index (χ4n) is 4.66. The van der Waals surface area contributed by atoms with Crippen LogP contribution in [0.3, 0.4) is 0 Å². The average molecular weight is 707 g/mol. The van der Waals surface area contributed by atoms with E-state index in [2.05, 4.69) is 142 Å². The van der Waals surface area contributed by atoms with Crippen molar-refractivity contribution in [3.05, 3.63) is 0 Å². The molecular weight excluding hydrogens is 629 g/mol. The number of ether oxygens (including phenoxy) is 1. The third-order valence-electron chi connectivity index (χ3n) is 12.3. The topological polar surface area (TPSA) is 66.4 Å². The average Bonchev–Trinajstić information content (AvgIpc) is 2.80. The molecular formula is C35H78O6Si4. The number of aliphatic hydroxyl groups is 1. The van der Waals surface area contributed by atoms with Gasteiger partial charge in [0.15, 0.2) is 33.3 Å². The summed E-state index contributed by atoms with van der Waals surface area (Å²) in [4.78, 5) is 0. The zero-order chi connectivity index (χ0) is 35.8. The van der Waals surface area contributed by atoms with Crippen LogP contribution in [0.25, 0.3) is 0 Å². The molecule has 0 aromatic rings. The Morgan fingerprint density at radius 1 is 0.667 bits per heavy atom. The van der Waals surface area contributed by atoms with Crippen molar-refractivity contribution in [1.29, 1.82) is 0 Å². The van der Waals surface area contributed by atoms with Gasteiger partial charge in [-0.2, -0.15) is 0 Å². The SMILES string of the molecule is C[C@@H]1[C@@H](O[Si](C)(C)C(C)(C)C)C[C@H]([C@@H](O[Si](C)(C)C(C)(C)C)[C@H](CO)O[Si](C)(C)C(C)(C)C)O[C@@H]1CCO[Si](C)(C)C(C)(C)C. The van der Waals surface area contributed by atoms with Crippen LogP contribution in [0.15, 0.2) is 0 Å². The van der Waals surface area contributed by atoms with Crippen molar-refractivity contribution in [3.8, 4) is 0 Å². The van der Waals surface area contributed by atoms with Gasteiger partial charge in [0, 0.05) is 18.9 Å². The second-order valence-electron chi connectivity index (χ2n) is 20.1. The van der Waals surface area contributed by atoms with Gasteiger partial charge in [0.1, 0.15) is 0 Å². The normalized spacial score (nSPS) is 24.9. The molecule has 6 nitrogen and oxygen atoms in total. The molecule has 0 radical (unpaired) electrons. The quantitative estimate of drug-likeness (QED) is 0.192. The molecule has 1 rings (SSSR count). The summed E-state index contributed by atoms with van der Waals surface area (Å²) < 4.78 is 35.3. The molecule has 6 atom stereocenters. The molecule has 0 amide bonds. The van der Waals surface area contributed by atoms with Crippen molar-refractivity contribution >= 4 is 33.3 Å². The van der Waals surface area contributed by atoms with Crippen LogP contribution in [0, 0.1) is 5.92 Å². The fourth-order valence-corrected chi connectivity index (χ4v) is 9.80. The van der Waals surface area contributed by atoms with Crippen LogP contribution in [0.2, 0.25) is 72.5 Å². The van der Waals surface area contributed by atoms with Gasteiger partial charge >= 0.3 is 0 Å². The van der Waals surface area contributed by atoms with E-state index in [1.54, 1.807) is 0 Å². The Labute approximate surface area is 285 Å². The van der Waals surface area contributed by atoms with Crippen molar-refractivity contribution in [2.45, 2.75) is 206 Å². The fraction of sp³-hybridized carbons (Fsp3) is 1.00. The summed E-state index contributed by atoms with van der Waals surface area (Å²) in [7, 11) is -8.47. The number of hydrogen-bond acceptors (Lipinski definition) is 6. The van der Waals surface area contributed by atoms with Crippen LogP contribution in [-0.4, -0.2) is 82.1 Å². The number of aliphatic hydroxyl groups excluding tert-OH is 1. The van der Waals surface area contributed by atoms with Gasteiger partial charge in [-0.3, -0.25) is 0 Å². The lowest BCUT2D eigenvalue weighted by Gasteiger charge is -2.51. The molecule has 1 saturated heterocycles. The van der Waals surface area contributed by atoms with Gasteiger partial charge in [-0.15, -0.1) is 0 Å². The van der Waals surface area contributed by atoms with Crippen molar-refractivity contribution in [2.24, 2.45) is 5.92 Å². The van der Waals surface area contributed by atoms with E-state index in [-0.39, 0.29) is 51.0 Å². The first-order valence-electron chi connectivity index (χ1n) is 17.6. The molecule has 1 heterocycles. The summed E-state index contributed by atoms with van der Waals surface area (Å²) in [5, 5.41) is 11.2. The minimum Gasteiger partial charge on any atom is -0.417 e.